The van der Waals surface area contributed by atoms with Gasteiger partial charge in [0, 0.05) is 24.1 Å². The molecule has 1 N–H and O–H groups in total. The van der Waals surface area contributed by atoms with Gasteiger partial charge in [0.25, 0.3) is 5.56 Å². The highest BCUT2D eigenvalue weighted by molar-refractivity contribution is 5.40. The zero-order valence-corrected chi connectivity index (χ0v) is 9.89. The molecule has 0 atom stereocenters. The van der Waals surface area contributed by atoms with E-state index in [0.717, 1.165) is 24.1 Å². The standard InChI is InChI=1S/C13H16N2O2/c1-10-11(6-3-5-9-16)13(17)15-8-4-2-7-12(15)14-10/h2,4,7-8,16H,3,5-6,9H2,1H3. The molecule has 0 aliphatic heterocycles. The molecule has 0 fully saturated rings. The molecular weight excluding hydrogens is 216 g/mol. The molecule has 2 heterocycles. The molecule has 2 aromatic heterocycles. The van der Waals surface area contributed by atoms with E-state index in [-0.39, 0.29) is 12.2 Å². The monoisotopic (exact) mass is 232 g/mol. The summed E-state index contributed by atoms with van der Waals surface area (Å²) in [5.41, 5.74) is 2.23. The predicted molar refractivity (Wildman–Crippen MR) is 66.2 cm³/mol. The van der Waals surface area contributed by atoms with Crippen LogP contribution in [0.1, 0.15) is 24.1 Å². The van der Waals surface area contributed by atoms with Gasteiger partial charge >= 0.3 is 0 Å². The smallest absolute Gasteiger partial charge is 0.261 e. The molecule has 0 spiro atoms. The van der Waals surface area contributed by atoms with Crippen molar-refractivity contribution in [1.82, 2.24) is 9.38 Å². The van der Waals surface area contributed by atoms with Crippen molar-refractivity contribution >= 4 is 5.65 Å². The first-order valence-electron chi connectivity index (χ1n) is 5.82. The van der Waals surface area contributed by atoms with E-state index >= 15 is 0 Å². The molecule has 0 radical (unpaired) electrons. The Labute approximate surface area is 99.6 Å². The third-order valence-electron chi connectivity index (χ3n) is 2.87. The Hall–Kier alpha value is -1.68. The van der Waals surface area contributed by atoms with Crippen LogP contribution in [0.25, 0.3) is 5.65 Å². The summed E-state index contributed by atoms with van der Waals surface area (Å²) >= 11 is 0. The first kappa shape index (κ1) is 11.8. The number of nitrogens with zero attached hydrogens (tertiary/aromatic N) is 2. The van der Waals surface area contributed by atoms with Crippen LogP contribution in [0.5, 0.6) is 0 Å². The fourth-order valence-electron chi connectivity index (χ4n) is 1.94. The Balaban J connectivity index is 2.45. The van der Waals surface area contributed by atoms with Crippen molar-refractivity contribution in [3.63, 3.8) is 0 Å². The minimum atomic E-state index is 0.00559. The molecule has 0 amide bonds. The molecule has 0 aliphatic carbocycles. The number of aromatic nitrogens is 2. The van der Waals surface area contributed by atoms with Crippen molar-refractivity contribution in [2.24, 2.45) is 0 Å². The van der Waals surface area contributed by atoms with Gasteiger partial charge in [-0.2, -0.15) is 0 Å². The van der Waals surface area contributed by atoms with Crippen LogP contribution < -0.4 is 5.56 Å². The van der Waals surface area contributed by atoms with E-state index in [2.05, 4.69) is 4.98 Å². The summed E-state index contributed by atoms with van der Waals surface area (Å²) in [6.07, 6.45) is 3.94. The summed E-state index contributed by atoms with van der Waals surface area (Å²) in [5, 5.41) is 8.76. The van der Waals surface area contributed by atoms with Crippen LogP contribution in [-0.4, -0.2) is 21.1 Å². The zero-order valence-electron chi connectivity index (χ0n) is 9.89. The highest BCUT2D eigenvalue weighted by atomic mass is 16.2. The van der Waals surface area contributed by atoms with E-state index in [1.165, 1.54) is 0 Å². The van der Waals surface area contributed by atoms with Gasteiger partial charge in [-0.3, -0.25) is 9.20 Å². The third-order valence-corrected chi connectivity index (χ3v) is 2.87. The number of unbranched alkanes of at least 4 members (excludes halogenated alkanes) is 1. The Morgan fingerprint density at radius 1 is 1.35 bits per heavy atom. The molecule has 0 saturated heterocycles. The summed E-state index contributed by atoms with van der Waals surface area (Å²) in [4.78, 5) is 16.6. The van der Waals surface area contributed by atoms with E-state index in [4.69, 9.17) is 5.11 Å². The van der Waals surface area contributed by atoms with E-state index < -0.39 is 0 Å². The molecule has 2 aromatic rings. The Bertz CT molecular complexity index is 575. The number of hydrogen-bond acceptors (Lipinski definition) is 3. The maximum Gasteiger partial charge on any atom is 0.261 e. The molecule has 0 saturated carbocycles. The lowest BCUT2D eigenvalue weighted by Crippen LogP contribution is -2.21. The Kier molecular flexibility index (Phi) is 3.54. The number of aliphatic hydroxyl groups is 1. The molecule has 0 unspecified atom stereocenters. The number of aliphatic hydroxyl groups excluding tert-OH is 1. The van der Waals surface area contributed by atoms with Crippen molar-refractivity contribution in [3.8, 4) is 0 Å². The van der Waals surface area contributed by atoms with Crippen LogP contribution in [0.15, 0.2) is 29.2 Å². The topological polar surface area (TPSA) is 54.6 Å². The molecule has 0 aliphatic rings. The van der Waals surface area contributed by atoms with Gasteiger partial charge < -0.3 is 5.11 Å². The minimum Gasteiger partial charge on any atom is -0.396 e. The quantitative estimate of drug-likeness (QED) is 0.809. The molecule has 4 nitrogen and oxygen atoms in total. The van der Waals surface area contributed by atoms with Crippen LogP contribution in [-0.2, 0) is 6.42 Å². The lowest BCUT2D eigenvalue weighted by molar-refractivity contribution is 0.284. The SMILES string of the molecule is Cc1nc2ccccn2c(=O)c1CCCCO. The Morgan fingerprint density at radius 2 is 2.18 bits per heavy atom. The summed E-state index contributed by atoms with van der Waals surface area (Å²) in [5.74, 6) is 0. The van der Waals surface area contributed by atoms with Crippen molar-refractivity contribution in [2.75, 3.05) is 6.61 Å². The maximum atomic E-state index is 12.2. The predicted octanol–water partition coefficient (Wildman–Crippen LogP) is 1.32. The maximum absolute atomic E-state index is 12.2. The lowest BCUT2D eigenvalue weighted by atomic mass is 10.1. The normalized spacial score (nSPS) is 10.9. The molecule has 17 heavy (non-hydrogen) atoms. The summed E-state index contributed by atoms with van der Waals surface area (Å²) in [7, 11) is 0. The van der Waals surface area contributed by atoms with E-state index in [9.17, 15) is 4.79 Å². The van der Waals surface area contributed by atoms with Crippen LogP contribution in [0, 0.1) is 6.92 Å². The average Bonchev–Trinajstić information content (AvgIpc) is 2.33. The molecule has 4 heteroatoms. The van der Waals surface area contributed by atoms with Crippen molar-refractivity contribution in [1.29, 1.82) is 0 Å². The van der Waals surface area contributed by atoms with Crippen LogP contribution in [0.2, 0.25) is 0 Å². The second-order valence-corrected chi connectivity index (χ2v) is 4.09. The fraction of sp³-hybridized carbons (Fsp3) is 0.385. The van der Waals surface area contributed by atoms with Crippen LogP contribution in [0.3, 0.4) is 0 Å². The minimum absolute atomic E-state index is 0.00559. The number of pyridine rings is 1. The van der Waals surface area contributed by atoms with Crippen molar-refractivity contribution in [2.45, 2.75) is 26.2 Å². The van der Waals surface area contributed by atoms with Gasteiger partial charge in [-0.15, -0.1) is 0 Å². The van der Waals surface area contributed by atoms with Gasteiger partial charge in [0.1, 0.15) is 5.65 Å². The van der Waals surface area contributed by atoms with Gasteiger partial charge in [-0.25, -0.2) is 4.98 Å². The average molecular weight is 232 g/mol. The lowest BCUT2D eigenvalue weighted by Gasteiger charge is -2.07. The largest absolute Gasteiger partial charge is 0.396 e. The number of rotatable bonds is 4. The van der Waals surface area contributed by atoms with E-state index in [1.54, 1.807) is 10.6 Å². The van der Waals surface area contributed by atoms with Gasteiger partial charge in [-0.1, -0.05) is 6.07 Å². The van der Waals surface area contributed by atoms with Crippen LogP contribution >= 0.6 is 0 Å². The van der Waals surface area contributed by atoms with Crippen molar-refractivity contribution in [3.05, 3.63) is 46.0 Å². The van der Waals surface area contributed by atoms with Crippen molar-refractivity contribution < 1.29 is 5.11 Å². The summed E-state index contributed by atoms with van der Waals surface area (Å²) in [6.45, 7) is 2.03. The first-order valence-corrected chi connectivity index (χ1v) is 5.82. The molecule has 0 bridgehead atoms. The van der Waals surface area contributed by atoms with Gasteiger partial charge in [0.05, 0.1) is 0 Å². The fourth-order valence-corrected chi connectivity index (χ4v) is 1.94. The van der Waals surface area contributed by atoms with Crippen LogP contribution in [0.4, 0.5) is 0 Å². The summed E-state index contributed by atoms with van der Waals surface area (Å²) < 4.78 is 1.57. The zero-order chi connectivity index (χ0) is 12.3. The molecule has 2 rings (SSSR count). The molecular formula is C13H16N2O2. The summed E-state index contributed by atoms with van der Waals surface area (Å²) in [6, 6.07) is 5.52. The van der Waals surface area contributed by atoms with Gasteiger partial charge in [-0.05, 0) is 38.3 Å². The molecule has 0 aromatic carbocycles. The highest BCUT2D eigenvalue weighted by Crippen LogP contribution is 2.06. The number of fused-ring (bicyclic) bond motifs is 1. The highest BCUT2D eigenvalue weighted by Gasteiger charge is 2.08. The van der Waals surface area contributed by atoms with Gasteiger partial charge in [0.2, 0.25) is 0 Å². The first-order chi connectivity index (χ1) is 8.24. The Morgan fingerprint density at radius 3 is 2.94 bits per heavy atom. The van der Waals surface area contributed by atoms with E-state index in [1.807, 2.05) is 25.1 Å². The van der Waals surface area contributed by atoms with Gasteiger partial charge in [0.15, 0.2) is 0 Å². The number of aryl methyl sites for hydroxylation is 1. The molecule has 90 valence electrons. The number of hydrogen-bond donors (Lipinski definition) is 1. The van der Waals surface area contributed by atoms with E-state index in [0.29, 0.717) is 12.1 Å². The second kappa shape index (κ2) is 5.10. The second-order valence-electron chi connectivity index (χ2n) is 4.09. The third kappa shape index (κ3) is 2.36.